The summed E-state index contributed by atoms with van der Waals surface area (Å²) in [4.78, 5) is 6.86. The second-order valence-electron chi connectivity index (χ2n) is 6.25. The van der Waals surface area contributed by atoms with Gasteiger partial charge in [0.2, 0.25) is 0 Å². The molecule has 124 valence electrons. The number of hydrogen-bond acceptors (Lipinski definition) is 5. The summed E-state index contributed by atoms with van der Waals surface area (Å²) in [6, 6.07) is 9.30. The Kier molecular flexibility index (Phi) is 5.30. The van der Waals surface area contributed by atoms with Crippen molar-refractivity contribution in [2.75, 3.05) is 27.2 Å². The molecule has 1 aromatic carbocycles. The molecule has 0 amide bonds. The molecule has 0 bridgehead atoms. The van der Waals surface area contributed by atoms with E-state index < -0.39 is 0 Å². The van der Waals surface area contributed by atoms with Crippen molar-refractivity contribution in [3.05, 3.63) is 46.4 Å². The van der Waals surface area contributed by atoms with Crippen LogP contribution in [0.1, 0.15) is 36.0 Å². The van der Waals surface area contributed by atoms with Gasteiger partial charge >= 0.3 is 0 Å². The van der Waals surface area contributed by atoms with Gasteiger partial charge < -0.3 is 10.1 Å². The van der Waals surface area contributed by atoms with Crippen LogP contribution in [0.5, 0.6) is 5.75 Å². The van der Waals surface area contributed by atoms with Gasteiger partial charge in [-0.2, -0.15) is 0 Å². The molecule has 0 aliphatic carbocycles. The summed E-state index contributed by atoms with van der Waals surface area (Å²) < 4.78 is 5.27. The van der Waals surface area contributed by atoms with Crippen molar-refractivity contribution in [2.24, 2.45) is 5.92 Å². The number of nitrogens with zero attached hydrogens (tertiary/aromatic N) is 2. The van der Waals surface area contributed by atoms with E-state index in [0.717, 1.165) is 23.8 Å². The van der Waals surface area contributed by atoms with Gasteiger partial charge in [0.1, 0.15) is 10.8 Å². The van der Waals surface area contributed by atoms with Gasteiger partial charge in [-0.15, -0.1) is 11.3 Å². The summed E-state index contributed by atoms with van der Waals surface area (Å²) in [5.41, 5.74) is 1.37. The van der Waals surface area contributed by atoms with Gasteiger partial charge in [-0.25, -0.2) is 4.98 Å². The fraction of sp³-hybridized carbons (Fsp3) is 0.500. The van der Waals surface area contributed by atoms with Crippen LogP contribution in [0.25, 0.3) is 0 Å². The van der Waals surface area contributed by atoms with E-state index in [2.05, 4.69) is 53.4 Å². The molecule has 0 spiro atoms. The molecule has 1 aromatic heterocycles. The molecule has 2 aromatic rings. The Hall–Kier alpha value is -1.43. The van der Waals surface area contributed by atoms with E-state index in [1.54, 1.807) is 18.4 Å². The van der Waals surface area contributed by atoms with Crippen LogP contribution in [0.2, 0.25) is 0 Å². The van der Waals surface area contributed by atoms with Crippen LogP contribution in [-0.2, 0) is 0 Å². The van der Waals surface area contributed by atoms with Gasteiger partial charge in [0.25, 0.3) is 0 Å². The lowest BCUT2D eigenvalue weighted by atomic mass is 9.93. The minimum Gasteiger partial charge on any atom is -0.497 e. The van der Waals surface area contributed by atoms with Crippen molar-refractivity contribution < 1.29 is 4.74 Å². The first-order valence-corrected chi connectivity index (χ1v) is 9.04. The highest BCUT2D eigenvalue weighted by molar-refractivity contribution is 7.09. The highest BCUT2D eigenvalue weighted by atomic mass is 32.1. The molecule has 0 radical (unpaired) electrons. The number of methoxy groups -OCH3 is 1. The molecule has 3 unspecified atom stereocenters. The Morgan fingerprint density at radius 1 is 1.39 bits per heavy atom. The average Bonchev–Trinajstić information content (AvgIpc) is 3.23. The molecule has 2 heterocycles. The van der Waals surface area contributed by atoms with E-state index in [1.165, 1.54) is 12.0 Å². The van der Waals surface area contributed by atoms with Gasteiger partial charge in [-0.05, 0) is 50.6 Å². The zero-order valence-electron chi connectivity index (χ0n) is 14.0. The topological polar surface area (TPSA) is 37.4 Å². The number of nitrogens with one attached hydrogen (secondary N) is 1. The van der Waals surface area contributed by atoms with Crippen molar-refractivity contribution >= 4 is 11.3 Å². The predicted molar refractivity (Wildman–Crippen MR) is 95.0 cm³/mol. The number of ether oxygens (including phenoxy) is 1. The van der Waals surface area contributed by atoms with Crippen LogP contribution in [0.4, 0.5) is 0 Å². The number of aromatic nitrogens is 1. The molecule has 1 N–H and O–H groups in total. The minimum atomic E-state index is 0.317. The standard InChI is InChI=1S/C18H25N3OS/c1-13(18-19-9-11-23-18)20-12-15-8-10-21(2)17(15)14-4-6-16(22-3)7-5-14/h4-7,9,11,13,15,17,20H,8,10,12H2,1-3H3. The number of rotatable bonds is 6. The zero-order valence-corrected chi connectivity index (χ0v) is 14.8. The first-order chi connectivity index (χ1) is 11.2. The van der Waals surface area contributed by atoms with Crippen molar-refractivity contribution in [3.63, 3.8) is 0 Å². The van der Waals surface area contributed by atoms with Crippen molar-refractivity contribution in [2.45, 2.75) is 25.4 Å². The normalized spacial score (nSPS) is 23.1. The molecule has 5 heteroatoms. The molecule has 0 saturated carbocycles. The summed E-state index contributed by atoms with van der Waals surface area (Å²) in [7, 11) is 3.93. The monoisotopic (exact) mass is 331 g/mol. The maximum Gasteiger partial charge on any atom is 0.118 e. The lowest BCUT2D eigenvalue weighted by molar-refractivity contribution is 0.268. The third-order valence-corrected chi connectivity index (χ3v) is 5.70. The molecule has 3 rings (SSSR count). The Labute approximate surface area is 142 Å². The minimum absolute atomic E-state index is 0.317. The summed E-state index contributed by atoms with van der Waals surface area (Å²) in [6.07, 6.45) is 3.10. The quantitative estimate of drug-likeness (QED) is 0.879. The molecule has 1 aliphatic heterocycles. The Morgan fingerprint density at radius 3 is 2.83 bits per heavy atom. The van der Waals surface area contributed by atoms with E-state index in [0.29, 0.717) is 18.0 Å². The third kappa shape index (κ3) is 3.74. The van der Waals surface area contributed by atoms with E-state index in [-0.39, 0.29) is 0 Å². The largest absolute Gasteiger partial charge is 0.497 e. The molecule has 4 nitrogen and oxygen atoms in total. The van der Waals surface area contributed by atoms with E-state index >= 15 is 0 Å². The van der Waals surface area contributed by atoms with Gasteiger partial charge in [-0.3, -0.25) is 4.90 Å². The highest BCUT2D eigenvalue weighted by Crippen LogP contribution is 2.36. The zero-order chi connectivity index (χ0) is 16.2. The fourth-order valence-corrected chi connectivity index (χ4v) is 4.10. The van der Waals surface area contributed by atoms with Crippen LogP contribution < -0.4 is 10.1 Å². The van der Waals surface area contributed by atoms with Gasteiger partial charge in [0, 0.05) is 24.2 Å². The molecular formula is C18H25N3OS. The molecule has 1 saturated heterocycles. The lowest BCUT2D eigenvalue weighted by Gasteiger charge is -2.27. The SMILES string of the molecule is COc1ccc(C2C(CNC(C)c3nccs3)CCN2C)cc1. The second kappa shape index (κ2) is 7.43. The molecular weight excluding hydrogens is 306 g/mol. The molecule has 1 fully saturated rings. The summed E-state index contributed by atoms with van der Waals surface area (Å²) in [5.74, 6) is 1.54. The Balaban J connectivity index is 1.65. The number of benzene rings is 1. The van der Waals surface area contributed by atoms with E-state index in [4.69, 9.17) is 4.74 Å². The molecule has 3 atom stereocenters. The van der Waals surface area contributed by atoms with Crippen LogP contribution in [0, 0.1) is 5.92 Å². The number of likely N-dealkylation sites (tertiary alicyclic amines) is 1. The van der Waals surface area contributed by atoms with Gasteiger partial charge in [0.05, 0.1) is 13.2 Å². The number of thiazole rings is 1. The molecule has 1 aliphatic rings. The summed E-state index contributed by atoms with van der Waals surface area (Å²) in [6.45, 7) is 4.36. The Morgan fingerprint density at radius 2 is 2.17 bits per heavy atom. The first-order valence-electron chi connectivity index (χ1n) is 8.16. The average molecular weight is 331 g/mol. The maximum absolute atomic E-state index is 5.27. The van der Waals surface area contributed by atoms with Crippen molar-refractivity contribution in [3.8, 4) is 5.75 Å². The first kappa shape index (κ1) is 16.4. The second-order valence-corrected chi connectivity index (χ2v) is 7.17. The van der Waals surface area contributed by atoms with Crippen LogP contribution in [0.3, 0.4) is 0 Å². The van der Waals surface area contributed by atoms with Crippen LogP contribution >= 0.6 is 11.3 Å². The Bertz CT molecular complexity index is 599. The number of hydrogen-bond donors (Lipinski definition) is 1. The fourth-order valence-electron chi connectivity index (χ4n) is 3.43. The molecule has 23 heavy (non-hydrogen) atoms. The van der Waals surface area contributed by atoms with Crippen molar-refractivity contribution in [1.29, 1.82) is 0 Å². The lowest BCUT2D eigenvalue weighted by Crippen LogP contribution is -2.30. The smallest absolute Gasteiger partial charge is 0.118 e. The van der Waals surface area contributed by atoms with Crippen LogP contribution in [0.15, 0.2) is 35.8 Å². The van der Waals surface area contributed by atoms with Crippen LogP contribution in [-0.4, -0.2) is 37.1 Å². The maximum atomic E-state index is 5.27. The predicted octanol–water partition coefficient (Wildman–Crippen LogP) is 3.50. The summed E-state index contributed by atoms with van der Waals surface area (Å²) >= 11 is 1.72. The van der Waals surface area contributed by atoms with E-state index in [9.17, 15) is 0 Å². The third-order valence-electron chi connectivity index (χ3n) is 4.74. The highest BCUT2D eigenvalue weighted by Gasteiger charge is 2.33. The van der Waals surface area contributed by atoms with Gasteiger partial charge in [0.15, 0.2) is 0 Å². The van der Waals surface area contributed by atoms with Gasteiger partial charge in [-0.1, -0.05) is 12.1 Å². The van der Waals surface area contributed by atoms with E-state index in [1.807, 2.05) is 11.6 Å². The van der Waals surface area contributed by atoms with Crippen molar-refractivity contribution in [1.82, 2.24) is 15.2 Å². The summed E-state index contributed by atoms with van der Waals surface area (Å²) in [5, 5.41) is 6.87.